The van der Waals surface area contributed by atoms with Gasteiger partial charge in [-0.15, -0.1) is 11.3 Å². The molecule has 3 aromatic rings. The first kappa shape index (κ1) is 26.7. The summed E-state index contributed by atoms with van der Waals surface area (Å²) in [6.45, 7) is 1.06. The van der Waals surface area contributed by atoms with Gasteiger partial charge in [0.1, 0.15) is 11.7 Å². The SMILES string of the molecule is NCCCC[C@H](NC(=O)[C@@H]1CCCN1C(=O)CC(c1ccccc1)c1ccccc1)C(=O)c1cscn1. The van der Waals surface area contributed by atoms with Crippen LogP contribution < -0.4 is 11.1 Å². The van der Waals surface area contributed by atoms with E-state index in [1.165, 1.54) is 11.3 Å². The highest BCUT2D eigenvalue weighted by Crippen LogP contribution is 2.30. The highest BCUT2D eigenvalue weighted by molar-refractivity contribution is 7.07. The van der Waals surface area contributed by atoms with Gasteiger partial charge in [0.05, 0.1) is 11.6 Å². The second-order valence-electron chi connectivity index (χ2n) is 9.41. The molecular weight excluding hydrogens is 484 g/mol. The molecule has 2 heterocycles. The summed E-state index contributed by atoms with van der Waals surface area (Å²) >= 11 is 1.35. The van der Waals surface area contributed by atoms with Crippen molar-refractivity contribution in [1.29, 1.82) is 0 Å². The van der Waals surface area contributed by atoms with Gasteiger partial charge in [0.15, 0.2) is 0 Å². The van der Waals surface area contributed by atoms with E-state index in [9.17, 15) is 14.4 Å². The van der Waals surface area contributed by atoms with Gasteiger partial charge in [-0.05, 0) is 49.8 Å². The number of ketones is 1. The number of carbonyl (C=O) groups is 3. The van der Waals surface area contributed by atoms with Crippen molar-refractivity contribution in [3.8, 4) is 0 Å². The van der Waals surface area contributed by atoms with Gasteiger partial charge >= 0.3 is 0 Å². The maximum atomic E-state index is 13.6. The van der Waals surface area contributed by atoms with Crippen molar-refractivity contribution in [3.05, 3.63) is 88.4 Å². The predicted octanol–water partition coefficient (Wildman–Crippen LogP) is 4.15. The molecular formula is C29H34N4O3S. The molecule has 8 heteroatoms. The second kappa shape index (κ2) is 13.3. The number of amides is 2. The maximum Gasteiger partial charge on any atom is 0.243 e. The number of likely N-dealkylation sites (tertiary alicyclic amines) is 1. The largest absolute Gasteiger partial charge is 0.344 e. The van der Waals surface area contributed by atoms with Crippen molar-refractivity contribution < 1.29 is 14.4 Å². The van der Waals surface area contributed by atoms with E-state index in [1.54, 1.807) is 15.8 Å². The number of nitrogens with two attached hydrogens (primary N) is 1. The van der Waals surface area contributed by atoms with E-state index in [4.69, 9.17) is 5.73 Å². The molecule has 0 spiro atoms. The molecule has 1 saturated heterocycles. The van der Waals surface area contributed by atoms with E-state index in [0.29, 0.717) is 31.6 Å². The summed E-state index contributed by atoms with van der Waals surface area (Å²) in [7, 11) is 0. The minimum Gasteiger partial charge on any atom is -0.344 e. The summed E-state index contributed by atoms with van der Waals surface area (Å²) < 4.78 is 0. The number of nitrogens with one attached hydrogen (secondary N) is 1. The lowest BCUT2D eigenvalue weighted by molar-refractivity contribution is -0.138. The molecule has 0 radical (unpaired) electrons. The standard InChI is InChI=1S/C29H34N4O3S/c30-16-8-7-14-24(28(35)25-19-37-20-31-25)32-29(36)26-15-9-17-33(26)27(34)18-23(21-10-3-1-4-11-21)22-12-5-2-6-13-22/h1-6,10-13,19-20,23-24,26H,7-9,14-18,30H2,(H,32,36)/t24-,26-/m0/s1. The first-order valence-corrected chi connectivity index (χ1v) is 13.8. The monoisotopic (exact) mass is 518 g/mol. The first-order valence-electron chi connectivity index (χ1n) is 12.9. The Morgan fingerprint density at radius 1 is 1.03 bits per heavy atom. The predicted molar refractivity (Wildman–Crippen MR) is 145 cm³/mol. The lowest BCUT2D eigenvalue weighted by Crippen LogP contribution is -2.51. The average Bonchev–Trinajstić information content (AvgIpc) is 3.65. The van der Waals surface area contributed by atoms with Gasteiger partial charge in [-0.3, -0.25) is 14.4 Å². The van der Waals surface area contributed by atoms with Crippen molar-refractivity contribution in [1.82, 2.24) is 15.2 Å². The van der Waals surface area contributed by atoms with E-state index in [-0.39, 0.29) is 29.9 Å². The number of hydrogen-bond donors (Lipinski definition) is 2. The highest BCUT2D eigenvalue weighted by atomic mass is 32.1. The number of benzene rings is 2. The van der Waals surface area contributed by atoms with Crippen LogP contribution in [-0.4, -0.2) is 52.7 Å². The van der Waals surface area contributed by atoms with Crippen molar-refractivity contribution >= 4 is 28.9 Å². The third-order valence-corrected chi connectivity index (χ3v) is 7.51. The highest BCUT2D eigenvalue weighted by Gasteiger charge is 2.37. The molecule has 4 rings (SSSR count). The van der Waals surface area contributed by atoms with Gasteiger partial charge in [-0.25, -0.2) is 4.98 Å². The van der Waals surface area contributed by atoms with E-state index in [1.807, 2.05) is 60.7 Å². The zero-order valence-electron chi connectivity index (χ0n) is 20.9. The Kier molecular flexibility index (Phi) is 9.57. The summed E-state index contributed by atoms with van der Waals surface area (Å²) in [5.74, 6) is -0.630. The molecule has 1 aromatic heterocycles. The molecule has 1 aliphatic heterocycles. The van der Waals surface area contributed by atoms with Crippen LogP contribution in [0.4, 0.5) is 0 Å². The number of rotatable bonds is 12. The number of nitrogens with zero attached hydrogens (tertiary/aromatic N) is 2. The van der Waals surface area contributed by atoms with Crippen molar-refractivity contribution in [2.45, 2.75) is 56.5 Å². The van der Waals surface area contributed by atoms with Gasteiger partial charge in [0.2, 0.25) is 17.6 Å². The molecule has 37 heavy (non-hydrogen) atoms. The second-order valence-corrected chi connectivity index (χ2v) is 10.1. The molecule has 0 bridgehead atoms. The number of carbonyl (C=O) groups excluding carboxylic acids is 3. The van der Waals surface area contributed by atoms with Crippen LogP contribution in [0.3, 0.4) is 0 Å². The minimum atomic E-state index is -0.680. The Bertz CT molecular complexity index is 1110. The fourth-order valence-electron chi connectivity index (χ4n) is 4.97. The molecule has 0 saturated carbocycles. The molecule has 2 amide bonds. The Labute approximate surface area is 222 Å². The summed E-state index contributed by atoms with van der Waals surface area (Å²) in [6.07, 6.45) is 3.59. The van der Waals surface area contributed by atoms with Gasteiger partial charge < -0.3 is 16.0 Å². The fraction of sp³-hybridized carbons (Fsp3) is 0.379. The summed E-state index contributed by atoms with van der Waals surface area (Å²) in [5, 5.41) is 4.65. The van der Waals surface area contributed by atoms with Crippen molar-refractivity contribution in [2.24, 2.45) is 5.73 Å². The molecule has 7 nitrogen and oxygen atoms in total. The number of thiazole rings is 1. The minimum absolute atomic E-state index is 0.0548. The fourth-order valence-corrected chi connectivity index (χ4v) is 5.51. The van der Waals surface area contributed by atoms with Gasteiger partial charge in [0.25, 0.3) is 0 Å². The lowest BCUT2D eigenvalue weighted by Gasteiger charge is -2.28. The molecule has 1 fully saturated rings. The Morgan fingerprint density at radius 3 is 2.30 bits per heavy atom. The Morgan fingerprint density at radius 2 is 1.70 bits per heavy atom. The van der Waals surface area contributed by atoms with Crippen LogP contribution in [0.1, 0.15) is 66.1 Å². The van der Waals surface area contributed by atoms with E-state index < -0.39 is 12.1 Å². The Balaban J connectivity index is 1.47. The van der Waals surface area contributed by atoms with E-state index >= 15 is 0 Å². The number of unbranched alkanes of at least 4 members (excludes halogenated alkanes) is 1. The van der Waals surface area contributed by atoms with Crippen LogP contribution >= 0.6 is 11.3 Å². The first-order chi connectivity index (χ1) is 18.1. The normalized spacial score (nSPS) is 16.1. The van der Waals surface area contributed by atoms with Gasteiger partial charge in [-0.1, -0.05) is 60.7 Å². The number of hydrogen-bond acceptors (Lipinski definition) is 6. The molecule has 0 aliphatic carbocycles. The maximum absolute atomic E-state index is 13.6. The van der Waals surface area contributed by atoms with E-state index in [2.05, 4.69) is 10.3 Å². The summed E-state index contributed by atoms with van der Waals surface area (Å²) in [6, 6.07) is 18.7. The molecule has 3 N–H and O–H groups in total. The molecule has 1 aliphatic rings. The molecule has 194 valence electrons. The quantitative estimate of drug-likeness (QED) is 0.277. The molecule has 2 aromatic carbocycles. The third-order valence-electron chi connectivity index (χ3n) is 6.92. The smallest absolute Gasteiger partial charge is 0.243 e. The topological polar surface area (TPSA) is 105 Å². The van der Waals surface area contributed by atoms with Crippen LogP contribution in [0.5, 0.6) is 0 Å². The van der Waals surface area contributed by atoms with Crippen LogP contribution in [0.15, 0.2) is 71.6 Å². The molecule has 2 atom stereocenters. The Hall–Kier alpha value is -3.36. The van der Waals surface area contributed by atoms with Gasteiger partial charge in [0, 0.05) is 24.3 Å². The zero-order valence-corrected chi connectivity index (χ0v) is 21.7. The third kappa shape index (κ3) is 6.90. The van der Waals surface area contributed by atoms with Crippen molar-refractivity contribution in [3.63, 3.8) is 0 Å². The molecule has 0 unspecified atom stereocenters. The van der Waals surface area contributed by atoms with Crippen LogP contribution in [0, 0.1) is 0 Å². The van der Waals surface area contributed by atoms with Crippen LogP contribution in [0.25, 0.3) is 0 Å². The number of Topliss-reactive ketones (excluding diaryl/α,β-unsaturated/α-hetero) is 1. The summed E-state index contributed by atoms with van der Waals surface area (Å²) in [4.78, 5) is 45.9. The zero-order chi connectivity index (χ0) is 26.0. The van der Waals surface area contributed by atoms with Crippen LogP contribution in [-0.2, 0) is 9.59 Å². The van der Waals surface area contributed by atoms with Gasteiger partial charge in [-0.2, -0.15) is 0 Å². The van der Waals surface area contributed by atoms with Crippen molar-refractivity contribution in [2.75, 3.05) is 13.1 Å². The number of aromatic nitrogens is 1. The van der Waals surface area contributed by atoms with E-state index in [0.717, 1.165) is 30.4 Å². The van der Waals surface area contributed by atoms with Crippen LogP contribution in [0.2, 0.25) is 0 Å². The lowest BCUT2D eigenvalue weighted by atomic mass is 9.88. The average molecular weight is 519 g/mol. The summed E-state index contributed by atoms with van der Waals surface area (Å²) in [5.41, 5.74) is 9.73.